The van der Waals surface area contributed by atoms with Crippen molar-refractivity contribution in [3.8, 4) is 5.75 Å². The average molecular weight is 388 g/mol. The molecule has 0 spiro atoms. The summed E-state index contributed by atoms with van der Waals surface area (Å²) in [5.74, 6) is -0.0178. The Bertz CT molecular complexity index is 933. The van der Waals surface area contributed by atoms with Gasteiger partial charge in [0.05, 0.1) is 17.7 Å². The van der Waals surface area contributed by atoms with Crippen molar-refractivity contribution in [2.24, 2.45) is 0 Å². The number of carbonyl (C=O) groups excluding carboxylic acids is 1. The number of hydrogen-bond donors (Lipinski definition) is 2. The Morgan fingerprint density at radius 1 is 1.11 bits per heavy atom. The third-order valence-electron chi connectivity index (χ3n) is 3.63. The number of aryl methyl sites for hydroxylation is 1. The van der Waals surface area contributed by atoms with Crippen LogP contribution in [0.2, 0.25) is 0 Å². The molecule has 0 aliphatic carbocycles. The number of nitrogens with one attached hydrogen (secondary N) is 2. The molecule has 0 heterocycles. The summed E-state index contributed by atoms with van der Waals surface area (Å²) in [6.07, 6.45) is 3.07. The number of hydrogen-bond acceptors (Lipinski definition) is 4. The van der Waals surface area contributed by atoms with Gasteiger partial charge in [0.1, 0.15) is 5.75 Å². The van der Waals surface area contributed by atoms with E-state index in [-0.39, 0.29) is 22.5 Å². The van der Waals surface area contributed by atoms with E-state index >= 15 is 0 Å². The van der Waals surface area contributed by atoms with Crippen LogP contribution in [-0.2, 0) is 14.8 Å². The largest absolute Gasteiger partial charge is 0.495 e. The molecule has 0 fully saturated rings. The highest BCUT2D eigenvalue weighted by Crippen LogP contribution is 2.27. The number of ether oxygens (including phenoxy) is 1. The van der Waals surface area contributed by atoms with Crippen LogP contribution in [0.3, 0.4) is 0 Å². The highest BCUT2D eigenvalue weighted by Gasteiger charge is 2.18. The topological polar surface area (TPSA) is 84.5 Å². The molecule has 2 N–H and O–H groups in total. The molecule has 1 amide bonds. The van der Waals surface area contributed by atoms with E-state index in [1.807, 2.05) is 31.2 Å². The summed E-state index contributed by atoms with van der Waals surface area (Å²) in [6.45, 7) is 5.46. The molecule has 7 heteroatoms. The van der Waals surface area contributed by atoms with Crippen molar-refractivity contribution in [1.29, 1.82) is 0 Å². The van der Waals surface area contributed by atoms with Crippen molar-refractivity contribution < 1.29 is 17.9 Å². The van der Waals surface area contributed by atoms with Gasteiger partial charge in [-0.05, 0) is 50.6 Å². The molecule has 6 nitrogen and oxygen atoms in total. The van der Waals surface area contributed by atoms with Crippen LogP contribution in [0.15, 0.2) is 53.4 Å². The van der Waals surface area contributed by atoms with E-state index in [1.165, 1.54) is 31.4 Å². The SMILES string of the molecule is COc1ccc(S(=O)(=O)NC(C)C)cc1NC(=O)/C=C/c1ccc(C)cc1. The van der Waals surface area contributed by atoms with Crippen molar-refractivity contribution in [3.63, 3.8) is 0 Å². The lowest BCUT2D eigenvalue weighted by molar-refractivity contribution is -0.111. The molecule has 2 aromatic rings. The highest BCUT2D eigenvalue weighted by molar-refractivity contribution is 7.89. The summed E-state index contributed by atoms with van der Waals surface area (Å²) in [6, 6.07) is 11.8. The number of anilines is 1. The second-order valence-corrected chi connectivity index (χ2v) is 8.09. The molecule has 0 atom stereocenters. The second-order valence-electron chi connectivity index (χ2n) is 6.37. The van der Waals surface area contributed by atoms with Gasteiger partial charge in [-0.3, -0.25) is 4.79 Å². The van der Waals surface area contributed by atoms with Gasteiger partial charge < -0.3 is 10.1 Å². The molecule has 0 saturated heterocycles. The van der Waals surface area contributed by atoms with Gasteiger partial charge in [0, 0.05) is 12.1 Å². The van der Waals surface area contributed by atoms with E-state index < -0.39 is 10.0 Å². The lowest BCUT2D eigenvalue weighted by Gasteiger charge is -2.13. The monoisotopic (exact) mass is 388 g/mol. The van der Waals surface area contributed by atoms with E-state index in [9.17, 15) is 13.2 Å². The molecule has 27 heavy (non-hydrogen) atoms. The van der Waals surface area contributed by atoms with Crippen molar-refractivity contribution in [2.75, 3.05) is 12.4 Å². The zero-order valence-electron chi connectivity index (χ0n) is 15.8. The molecular formula is C20H24N2O4S. The lowest BCUT2D eigenvalue weighted by atomic mass is 10.1. The van der Waals surface area contributed by atoms with Crippen LogP contribution >= 0.6 is 0 Å². The predicted molar refractivity (Wildman–Crippen MR) is 107 cm³/mol. The summed E-state index contributed by atoms with van der Waals surface area (Å²) in [5.41, 5.74) is 2.30. The summed E-state index contributed by atoms with van der Waals surface area (Å²) in [5, 5.41) is 2.67. The molecule has 2 rings (SSSR count). The fraction of sp³-hybridized carbons (Fsp3) is 0.250. The van der Waals surface area contributed by atoms with Gasteiger partial charge in [0.25, 0.3) is 0 Å². The maximum absolute atomic E-state index is 12.3. The predicted octanol–water partition coefficient (Wildman–Crippen LogP) is 3.34. The van der Waals surface area contributed by atoms with Gasteiger partial charge in [-0.15, -0.1) is 0 Å². The Morgan fingerprint density at radius 2 is 1.78 bits per heavy atom. The quantitative estimate of drug-likeness (QED) is 0.713. The minimum Gasteiger partial charge on any atom is -0.495 e. The van der Waals surface area contributed by atoms with Gasteiger partial charge in [0.15, 0.2) is 0 Å². The zero-order valence-corrected chi connectivity index (χ0v) is 16.6. The molecule has 0 saturated carbocycles. The van der Waals surface area contributed by atoms with Crippen LogP contribution in [0.25, 0.3) is 6.08 Å². The van der Waals surface area contributed by atoms with Crippen molar-refractivity contribution >= 4 is 27.7 Å². The molecule has 0 bridgehead atoms. The maximum Gasteiger partial charge on any atom is 0.248 e. The first kappa shape index (κ1) is 20.7. The van der Waals surface area contributed by atoms with Crippen LogP contribution in [-0.4, -0.2) is 27.5 Å². The first-order valence-corrected chi connectivity index (χ1v) is 9.95. The van der Waals surface area contributed by atoms with E-state index in [0.29, 0.717) is 5.75 Å². The third kappa shape index (κ3) is 5.94. The van der Waals surface area contributed by atoms with Crippen LogP contribution in [0.5, 0.6) is 5.75 Å². The standard InChI is InChI=1S/C20H24N2O4S/c1-14(2)22-27(24,25)17-10-11-19(26-4)18(13-17)21-20(23)12-9-16-7-5-15(3)6-8-16/h5-14,22H,1-4H3,(H,21,23)/b12-9+. The van der Waals surface area contributed by atoms with E-state index in [2.05, 4.69) is 10.0 Å². The molecule has 144 valence electrons. The van der Waals surface area contributed by atoms with Gasteiger partial charge in [-0.25, -0.2) is 13.1 Å². The van der Waals surface area contributed by atoms with Crippen molar-refractivity contribution in [1.82, 2.24) is 4.72 Å². The lowest BCUT2D eigenvalue weighted by Crippen LogP contribution is -2.30. The van der Waals surface area contributed by atoms with Gasteiger partial charge in [-0.1, -0.05) is 29.8 Å². The molecule has 0 unspecified atom stereocenters. The third-order valence-corrected chi connectivity index (χ3v) is 5.29. The van der Waals surface area contributed by atoms with E-state index in [1.54, 1.807) is 19.9 Å². The number of benzene rings is 2. The number of rotatable bonds is 7. The first-order valence-electron chi connectivity index (χ1n) is 8.47. The van der Waals surface area contributed by atoms with Crippen LogP contribution in [0.1, 0.15) is 25.0 Å². The Labute approximate surface area is 160 Å². The summed E-state index contributed by atoms with van der Waals surface area (Å²) < 4.78 is 32.4. The smallest absolute Gasteiger partial charge is 0.248 e. The maximum atomic E-state index is 12.3. The summed E-state index contributed by atoms with van der Waals surface area (Å²) >= 11 is 0. The number of carbonyl (C=O) groups is 1. The Balaban J connectivity index is 2.22. The van der Waals surface area contributed by atoms with Gasteiger partial charge in [-0.2, -0.15) is 0 Å². The molecule has 0 aliphatic rings. The Kier molecular flexibility index (Phi) is 6.76. The van der Waals surface area contributed by atoms with Gasteiger partial charge >= 0.3 is 0 Å². The van der Waals surface area contributed by atoms with Gasteiger partial charge in [0.2, 0.25) is 15.9 Å². The molecular weight excluding hydrogens is 364 g/mol. The summed E-state index contributed by atoms with van der Waals surface area (Å²) in [4.78, 5) is 12.3. The molecule has 0 aliphatic heterocycles. The molecule has 0 radical (unpaired) electrons. The van der Waals surface area contributed by atoms with E-state index in [0.717, 1.165) is 11.1 Å². The Morgan fingerprint density at radius 3 is 2.37 bits per heavy atom. The summed E-state index contributed by atoms with van der Waals surface area (Å²) in [7, 11) is -2.22. The normalized spacial score (nSPS) is 11.7. The molecule has 2 aromatic carbocycles. The fourth-order valence-electron chi connectivity index (χ4n) is 2.35. The van der Waals surface area contributed by atoms with E-state index in [4.69, 9.17) is 4.74 Å². The second kappa shape index (κ2) is 8.83. The average Bonchev–Trinajstić information content (AvgIpc) is 2.60. The minimum absolute atomic E-state index is 0.0508. The number of sulfonamides is 1. The first-order chi connectivity index (χ1) is 12.7. The number of amides is 1. The number of methoxy groups -OCH3 is 1. The van der Waals surface area contributed by atoms with Crippen LogP contribution in [0.4, 0.5) is 5.69 Å². The zero-order chi connectivity index (χ0) is 20.0. The minimum atomic E-state index is -3.68. The van der Waals surface area contributed by atoms with Crippen LogP contribution < -0.4 is 14.8 Å². The van der Waals surface area contributed by atoms with Crippen molar-refractivity contribution in [3.05, 3.63) is 59.7 Å². The fourth-order valence-corrected chi connectivity index (χ4v) is 3.63. The van der Waals surface area contributed by atoms with Crippen molar-refractivity contribution in [2.45, 2.75) is 31.7 Å². The highest BCUT2D eigenvalue weighted by atomic mass is 32.2. The molecule has 0 aromatic heterocycles. The van der Waals surface area contributed by atoms with Crippen LogP contribution in [0, 0.1) is 6.92 Å². The Hall–Kier alpha value is -2.64.